The smallest absolute Gasteiger partial charge is 0.0568 e. The highest BCUT2D eigenvalue weighted by Gasteiger charge is 2.39. The zero-order valence-corrected chi connectivity index (χ0v) is 15.4. The maximum Gasteiger partial charge on any atom is 0.0568 e. The highest BCUT2D eigenvalue weighted by atomic mass is 127. The van der Waals surface area contributed by atoms with Crippen LogP contribution < -0.4 is 5.32 Å². The first-order chi connectivity index (χ1) is 10.6. The normalized spacial score (nSPS) is 25.5. The minimum atomic E-state index is 0.216. The summed E-state index contributed by atoms with van der Waals surface area (Å²) in [6, 6.07) is 12.5. The van der Waals surface area contributed by atoms with E-state index in [9.17, 15) is 0 Å². The second-order valence-electron chi connectivity index (χ2n) is 5.85. The van der Waals surface area contributed by atoms with Crippen LogP contribution in [0.1, 0.15) is 29.5 Å². The molecule has 2 aromatic carbocycles. The van der Waals surface area contributed by atoms with Crippen LogP contribution in [0, 0.1) is 9.49 Å². The molecule has 0 aromatic heterocycles. The number of rotatable bonds is 1. The molecule has 2 aromatic rings. The molecular weight excluding hydrogens is 428 g/mol. The SMILES string of the molecule is Clc1ccc([C@H]2Nc3c(I)cccc3[C@H]3C=CC[C@@H]32)c(Cl)c1. The largest absolute Gasteiger partial charge is 0.377 e. The molecule has 0 radical (unpaired) electrons. The van der Waals surface area contributed by atoms with Crippen molar-refractivity contribution >= 4 is 51.5 Å². The summed E-state index contributed by atoms with van der Waals surface area (Å²) in [4.78, 5) is 0. The van der Waals surface area contributed by atoms with E-state index >= 15 is 0 Å². The zero-order chi connectivity index (χ0) is 15.3. The van der Waals surface area contributed by atoms with E-state index in [2.05, 4.69) is 64.3 Å². The third kappa shape index (κ3) is 2.36. The van der Waals surface area contributed by atoms with Crippen LogP contribution >= 0.6 is 45.8 Å². The molecule has 3 atom stereocenters. The molecule has 0 unspecified atom stereocenters. The molecule has 112 valence electrons. The van der Waals surface area contributed by atoms with Crippen LogP contribution in [0.25, 0.3) is 0 Å². The molecule has 0 bridgehead atoms. The predicted molar refractivity (Wildman–Crippen MR) is 102 cm³/mol. The number of allylic oxidation sites excluding steroid dienone is 2. The number of fused-ring (bicyclic) bond motifs is 3. The maximum atomic E-state index is 6.47. The van der Waals surface area contributed by atoms with Gasteiger partial charge in [0.05, 0.1) is 11.7 Å². The summed E-state index contributed by atoms with van der Waals surface area (Å²) in [5, 5.41) is 5.16. The van der Waals surface area contributed by atoms with Crippen LogP contribution in [0.3, 0.4) is 0 Å². The van der Waals surface area contributed by atoms with E-state index in [0.29, 0.717) is 16.9 Å². The third-order valence-electron chi connectivity index (χ3n) is 4.64. The summed E-state index contributed by atoms with van der Waals surface area (Å²) in [6.07, 6.45) is 5.71. The average Bonchev–Trinajstić information content (AvgIpc) is 2.97. The Morgan fingerprint density at radius 2 is 1.95 bits per heavy atom. The Hall–Kier alpha value is -0.710. The minimum absolute atomic E-state index is 0.216. The van der Waals surface area contributed by atoms with E-state index in [0.717, 1.165) is 17.0 Å². The van der Waals surface area contributed by atoms with Crippen molar-refractivity contribution in [3.63, 3.8) is 0 Å². The fourth-order valence-corrected chi connectivity index (χ4v) is 4.85. The summed E-state index contributed by atoms with van der Waals surface area (Å²) in [5.74, 6) is 0.965. The number of anilines is 1. The van der Waals surface area contributed by atoms with E-state index in [1.807, 2.05) is 12.1 Å². The molecule has 1 heterocycles. The molecule has 4 heteroatoms. The topological polar surface area (TPSA) is 12.0 Å². The molecule has 0 saturated carbocycles. The van der Waals surface area contributed by atoms with Gasteiger partial charge in [-0.05, 0) is 64.3 Å². The third-order valence-corrected chi connectivity index (χ3v) is 6.10. The van der Waals surface area contributed by atoms with Crippen molar-refractivity contribution in [3.8, 4) is 0 Å². The van der Waals surface area contributed by atoms with Gasteiger partial charge in [-0.15, -0.1) is 0 Å². The van der Waals surface area contributed by atoms with Crippen molar-refractivity contribution in [2.45, 2.75) is 18.4 Å². The van der Waals surface area contributed by atoms with Gasteiger partial charge in [-0.25, -0.2) is 0 Å². The Morgan fingerprint density at radius 3 is 2.77 bits per heavy atom. The molecule has 0 amide bonds. The monoisotopic (exact) mass is 441 g/mol. The summed E-state index contributed by atoms with van der Waals surface area (Å²) in [5.41, 5.74) is 3.77. The molecule has 0 fully saturated rings. The van der Waals surface area contributed by atoms with E-state index in [1.54, 1.807) is 0 Å². The number of hydrogen-bond acceptors (Lipinski definition) is 1. The van der Waals surface area contributed by atoms with Gasteiger partial charge in [-0.1, -0.05) is 53.6 Å². The Balaban J connectivity index is 1.84. The van der Waals surface area contributed by atoms with E-state index in [1.165, 1.54) is 14.8 Å². The average molecular weight is 442 g/mol. The van der Waals surface area contributed by atoms with Gasteiger partial charge in [-0.3, -0.25) is 0 Å². The first-order valence-corrected chi connectivity index (χ1v) is 9.15. The van der Waals surface area contributed by atoms with Gasteiger partial charge in [-0.2, -0.15) is 0 Å². The fourth-order valence-electron chi connectivity index (χ4n) is 3.64. The molecule has 0 saturated heterocycles. The maximum absolute atomic E-state index is 6.47. The van der Waals surface area contributed by atoms with Crippen LogP contribution in [0.5, 0.6) is 0 Å². The van der Waals surface area contributed by atoms with Crippen molar-refractivity contribution in [2.24, 2.45) is 5.92 Å². The lowest BCUT2D eigenvalue weighted by Gasteiger charge is -2.38. The van der Waals surface area contributed by atoms with Crippen LogP contribution in [-0.4, -0.2) is 0 Å². The second kappa shape index (κ2) is 5.73. The molecule has 1 N–H and O–H groups in total. The van der Waals surface area contributed by atoms with Crippen LogP contribution in [-0.2, 0) is 0 Å². The van der Waals surface area contributed by atoms with Crippen molar-refractivity contribution in [3.05, 3.63) is 73.3 Å². The molecule has 1 aliphatic heterocycles. The summed E-state index contributed by atoms with van der Waals surface area (Å²) >= 11 is 14.9. The number of halogens is 3. The van der Waals surface area contributed by atoms with E-state index in [4.69, 9.17) is 23.2 Å². The molecular formula is C18H14Cl2IN. The molecule has 1 aliphatic carbocycles. The van der Waals surface area contributed by atoms with E-state index in [-0.39, 0.29) is 6.04 Å². The Kier molecular flexibility index (Phi) is 3.87. The number of nitrogens with one attached hydrogen (secondary N) is 1. The minimum Gasteiger partial charge on any atom is -0.377 e. The van der Waals surface area contributed by atoms with Crippen molar-refractivity contribution in [1.29, 1.82) is 0 Å². The lowest BCUT2D eigenvalue weighted by atomic mass is 9.77. The molecule has 2 aliphatic rings. The quantitative estimate of drug-likeness (QED) is 0.397. The van der Waals surface area contributed by atoms with Gasteiger partial charge in [0.2, 0.25) is 0 Å². The fraction of sp³-hybridized carbons (Fsp3) is 0.222. The van der Waals surface area contributed by atoms with Gasteiger partial charge >= 0.3 is 0 Å². The number of benzene rings is 2. The van der Waals surface area contributed by atoms with E-state index < -0.39 is 0 Å². The molecule has 0 spiro atoms. The predicted octanol–water partition coefficient (Wildman–Crippen LogP) is 6.42. The second-order valence-corrected chi connectivity index (χ2v) is 7.85. The Bertz CT molecular complexity index is 772. The van der Waals surface area contributed by atoms with Gasteiger partial charge in [0.25, 0.3) is 0 Å². The van der Waals surface area contributed by atoms with Gasteiger partial charge in [0, 0.05) is 19.5 Å². The number of para-hydroxylation sites is 1. The van der Waals surface area contributed by atoms with Crippen LogP contribution in [0.4, 0.5) is 5.69 Å². The standard InChI is InChI=1S/C18H14Cl2IN/c19-10-7-8-14(15(20)9-10)17-12-4-1-3-11(12)13-5-2-6-16(21)18(13)22-17/h1-3,5-9,11-12,17,22H,4H2/t11-,12-,17-/m0/s1. The highest BCUT2D eigenvalue weighted by Crippen LogP contribution is 2.51. The summed E-state index contributed by atoms with van der Waals surface area (Å²) < 4.78 is 1.25. The van der Waals surface area contributed by atoms with Gasteiger partial charge in [0.1, 0.15) is 0 Å². The van der Waals surface area contributed by atoms with Crippen LogP contribution in [0.15, 0.2) is 48.6 Å². The zero-order valence-electron chi connectivity index (χ0n) is 11.7. The van der Waals surface area contributed by atoms with Crippen molar-refractivity contribution < 1.29 is 0 Å². The first-order valence-electron chi connectivity index (χ1n) is 7.31. The number of hydrogen-bond donors (Lipinski definition) is 1. The van der Waals surface area contributed by atoms with Gasteiger partial charge < -0.3 is 5.32 Å². The first kappa shape index (κ1) is 14.9. The highest BCUT2D eigenvalue weighted by molar-refractivity contribution is 14.1. The Morgan fingerprint density at radius 1 is 1.09 bits per heavy atom. The lowest BCUT2D eigenvalue weighted by molar-refractivity contribution is 0.425. The summed E-state index contributed by atoms with van der Waals surface area (Å²) in [7, 11) is 0. The lowest BCUT2D eigenvalue weighted by Crippen LogP contribution is -2.29. The molecule has 1 nitrogen and oxygen atoms in total. The van der Waals surface area contributed by atoms with Crippen molar-refractivity contribution in [1.82, 2.24) is 0 Å². The Labute approximate surface area is 153 Å². The van der Waals surface area contributed by atoms with Crippen LogP contribution in [0.2, 0.25) is 10.0 Å². The van der Waals surface area contributed by atoms with Gasteiger partial charge in [0.15, 0.2) is 0 Å². The molecule has 4 rings (SSSR count). The molecule has 22 heavy (non-hydrogen) atoms. The van der Waals surface area contributed by atoms with Crippen molar-refractivity contribution in [2.75, 3.05) is 5.32 Å². The summed E-state index contributed by atoms with van der Waals surface area (Å²) in [6.45, 7) is 0.